The lowest BCUT2D eigenvalue weighted by Gasteiger charge is -2.56. The summed E-state index contributed by atoms with van der Waals surface area (Å²) >= 11 is 0. The van der Waals surface area contributed by atoms with Crippen LogP contribution in [0.4, 0.5) is 4.79 Å². The minimum absolute atomic E-state index is 0.0323. The molecule has 5 aliphatic rings. The molecular formula is C24H42N4O2. The summed E-state index contributed by atoms with van der Waals surface area (Å²) in [6.07, 6.45) is 10.3. The number of nitrogens with zero attached hydrogens (tertiary/aromatic N) is 1. The highest BCUT2D eigenvalue weighted by Gasteiger charge is 2.51. The molecule has 3 amide bonds. The molecule has 1 heterocycles. The Kier molecular flexibility index (Phi) is 6.91. The average molecular weight is 419 g/mol. The van der Waals surface area contributed by atoms with Crippen molar-refractivity contribution in [3.8, 4) is 0 Å². The van der Waals surface area contributed by atoms with Gasteiger partial charge in [0.1, 0.15) is 0 Å². The lowest BCUT2D eigenvalue weighted by molar-refractivity contribution is -0.120. The van der Waals surface area contributed by atoms with Crippen molar-refractivity contribution in [1.29, 1.82) is 0 Å². The van der Waals surface area contributed by atoms with E-state index in [0.717, 1.165) is 68.4 Å². The molecule has 170 valence electrons. The number of nitrogens with one attached hydrogen (secondary N) is 3. The van der Waals surface area contributed by atoms with Gasteiger partial charge in [-0.3, -0.25) is 4.79 Å². The van der Waals surface area contributed by atoms with Crippen LogP contribution in [0.3, 0.4) is 0 Å². The smallest absolute Gasteiger partial charge is 0.315 e. The molecule has 0 aromatic heterocycles. The van der Waals surface area contributed by atoms with Gasteiger partial charge in [0.05, 0.1) is 0 Å². The van der Waals surface area contributed by atoms with Gasteiger partial charge in [0.15, 0.2) is 0 Å². The highest BCUT2D eigenvalue weighted by atomic mass is 16.2. The Morgan fingerprint density at radius 3 is 2.07 bits per heavy atom. The van der Waals surface area contributed by atoms with Crippen molar-refractivity contribution in [3.63, 3.8) is 0 Å². The SMILES string of the molecule is CC1CC(C)CN(CCCNC(=O)CCNC(=O)NC23CC4CC(CC(C4)C2)C3)C1. The number of hydrogen-bond acceptors (Lipinski definition) is 3. The molecule has 5 fully saturated rings. The summed E-state index contributed by atoms with van der Waals surface area (Å²) in [4.78, 5) is 27.1. The molecule has 3 N–H and O–H groups in total. The number of piperidine rings is 1. The van der Waals surface area contributed by atoms with Crippen molar-refractivity contribution in [2.24, 2.45) is 29.6 Å². The molecule has 1 saturated heterocycles. The molecule has 0 spiro atoms. The summed E-state index contributed by atoms with van der Waals surface area (Å²) in [5.41, 5.74) is 0.0323. The van der Waals surface area contributed by atoms with Crippen LogP contribution in [-0.4, -0.2) is 55.1 Å². The fourth-order valence-electron chi connectivity index (χ4n) is 7.43. The Labute approximate surface area is 182 Å². The molecule has 2 unspecified atom stereocenters. The summed E-state index contributed by atoms with van der Waals surface area (Å²) in [5, 5.41) is 9.24. The van der Waals surface area contributed by atoms with Gasteiger partial charge in [-0.15, -0.1) is 0 Å². The third-order valence-corrected chi connectivity index (χ3v) is 7.97. The number of carbonyl (C=O) groups is 2. The van der Waals surface area contributed by atoms with Crippen LogP contribution in [0.1, 0.15) is 71.6 Å². The molecule has 4 bridgehead atoms. The zero-order valence-electron chi connectivity index (χ0n) is 19.0. The van der Waals surface area contributed by atoms with Gasteiger partial charge in [0.25, 0.3) is 0 Å². The fourth-order valence-corrected chi connectivity index (χ4v) is 7.43. The molecule has 4 saturated carbocycles. The first-order valence-electron chi connectivity index (χ1n) is 12.4. The van der Waals surface area contributed by atoms with Crippen molar-refractivity contribution in [3.05, 3.63) is 0 Å². The van der Waals surface area contributed by atoms with Crippen LogP contribution in [0.2, 0.25) is 0 Å². The van der Waals surface area contributed by atoms with E-state index in [-0.39, 0.29) is 17.5 Å². The van der Waals surface area contributed by atoms with Crippen LogP contribution >= 0.6 is 0 Å². The standard InChI is InChI=1S/C24H42N4O2/c1-17-8-18(2)16-28(15-17)7-3-5-25-22(29)4-6-26-23(30)27-24-12-19-9-20(13-24)11-21(10-19)14-24/h17-21H,3-16H2,1-2H3,(H,25,29)(H2,26,27,30). The van der Waals surface area contributed by atoms with E-state index in [0.29, 0.717) is 13.0 Å². The number of likely N-dealkylation sites (tertiary alicyclic amines) is 1. The minimum Gasteiger partial charge on any atom is -0.356 e. The van der Waals surface area contributed by atoms with Gasteiger partial charge in [-0.2, -0.15) is 0 Å². The summed E-state index contributed by atoms with van der Waals surface area (Å²) in [6.45, 7) is 9.21. The van der Waals surface area contributed by atoms with Gasteiger partial charge in [-0.1, -0.05) is 13.8 Å². The van der Waals surface area contributed by atoms with E-state index >= 15 is 0 Å². The monoisotopic (exact) mass is 418 g/mol. The summed E-state index contributed by atoms with van der Waals surface area (Å²) in [7, 11) is 0. The Hall–Kier alpha value is -1.30. The first-order valence-corrected chi connectivity index (χ1v) is 12.4. The summed E-state index contributed by atoms with van der Waals surface area (Å²) in [6, 6.07) is -0.0851. The second kappa shape index (κ2) is 9.46. The van der Waals surface area contributed by atoms with E-state index in [1.807, 2.05) is 0 Å². The number of rotatable bonds is 8. The van der Waals surface area contributed by atoms with E-state index < -0.39 is 0 Å². The quantitative estimate of drug-likeness (QED) is 0.530. The predicted molar refractivity (Wildman–Crippen MR) is 119 cm³/mol. The first-order chi connectivity index (χ1) is 14.4. The average Bonchev–Trinajstić information content (AvgIpc) is 2.63. The van der Waals surface area contributed by atoms with Crippen LogP contribution in [0, 0.1) is 29.6 Å². The number of carbonyl (C=O) groups excluding carboxylic acids is 2. The van der Waals surface area contributed by atoms with Gasteiger partial charge in [0.2, 0.25) is 5.91 Å². The first kappa shape index (κ1) is 21.9. The van der Waals surface area contributed by atoms with Crippen molar-refractivity contribution >= 4 is 11.9 Å². The number of amides is 3. The molecule has 1 aliphatic heterocycles. The largest absolute Gasteiger partial charge is 0.356 e. The van der Waals surface area contributed by atoms with E-state index in [1.54, 1.807) is 0 Å². The van der Waals surface area contributed by atoms with Gasteiger partial charge in [0, 0.05) is 38.1 Å². The van der Waals surface area contributed by atoms with Gasteiger partial charge < -0.3 is 20.9 Å². The zero-order chi connectivity index (χ0) is 21.1. The molecular weight excluding hydrogens is 376 g/mol. The number of urea groups is 1. The van der Waals surface area contributed by atoms with Crippen LogP contribution in [-0.2, 0) is 4.79 Å². The molecule has 0 aromatic rings. The molecule has 0 radical (unpaired) electrons. The van der Waals surface area contributed by atoms with E-state index in [2.05, 4.69) is 34.7 Å². The van der Waals surface area contributed by atoms with Gasteiger partial charge in [-0.25, -0.2) is 4.79 Å². The summed E-state index contributed by atoms with van der Waals surface area (Å²) in [5.74, 6) is 4.04. The minimum atomic E-state index is -0.0851. The lowest BCUT2D eigenvalue weighted by atomic mass is 9.53. The van der Waals surface area contributed by atoms with E-state index in [9.17, 15) is 9.59 Å². The molecule has 0 aromatic carbocycles. The van der Waals surface area contributed by atoms with Gasteiger partial charge >= 0.3 is 6.03 Å². The molecule has 5 rings (SSSR count). The maximum absolute atomic E-state index is 12.4. The lowest BCUT2D eigenvalue weighted by Crippen LogP contribution is -2.61. The maximum atomic E-state index is 12.4. The van der Waals surface area contributed by atoms with Crippen molar-refractivity contribution in [2.75, 3.05) is 32.7 Å². The van der Waals surface area contributed by atoms with E-state index in [1.165, 1.54) is 38.8 Å². The molecule has 6 nitrogen and oxygen atoms in total. The van der Waals surface area contributed by atoms with Crippen molar-refractivity contribution in [2.45, 2.75) is 77.2 Å². The molecule has 2 atom stereocenters. The van der Waals surface area contributed by atoms with E-state index in [4.69, 9.17) is 0 Å². The molecule has 6 heteroatoms. The fraction of sp³-hybridized carbons (Fsp3) is 0.917. The third kappa shape index (κ3) is 5.68. The second-order valence-corrected chi connectivity index (χ2v) is 11.2. The van der Waals surface area contributed by atoms with Crippen LogP contribution in [0.25, 0.3) is 0 Å². The summed E-state index contributed by atoms with van der Waals surface area (Å²) < 4.78 is 0. The van der Waals surface area contributed by atoms with Crippen LogP contribution in [0.15, 0.2) is 0 Å². The number of hydrogen-bond donors (Lipinski definition) is 3. The van der Waals surface area contributed by atoms with Crippen molar-refractivity contribution in [1.82, 2.24) is 20.9 Å². The van der Waals surface area contributed by atoms with Crippen molar-refractivity contribution < 1.29 is 9.59 Å². The Bertz CT molecular complexity index is 577. The van der Waals surface area contributed by atoms with Crippen LogP contribution < -0.4 is 16.0 Å². The highest BCUT2D eigenvalue weighted by Crippen LogP contribution is 2.55. The molecule has 4 aliphatic carbocycles. The molecule has 30 heavy (non-hydrogen) atoms. The second-order valence-electron chi connectivity index (χ2n) is 11.2. The third-order valence-electron chi connectivity index (χ3n) is 7.97. The van der Waals surface area contributed by atoms with Gasteiger partial charge in [-0.05, 0) is 87.5 Å². The predicted octanol–water partition coefficient (Wildman–Crippen LogP) is 3.13. The Morgan fingerprint density at radius 2 is 1.47 bits per heavy atom. The highest BCUT2D eigenvalue weighted by molar-refractivity contribution is 5.78. The Morgan fingerprint density at radius 1 is 0.867 bits per heavy atom. The van der Waals surface area contributed by atoms with Crippen LogP contribution in [0.5, 0.6) is 0 Å². The normalized spacial score (nSPS) is 37.7. The topological polar surface area (TPSA) is 73.5 Å². The zero-order valence-corrected chi connectivity index (χ0v) is 19.0. The maximum Gasteiger partial charge on any atom is 0.315 e. The Balaban J connectivity index is 1.07.